The van der Waals surface area contributed by atoms with Gasteiger partial charge in [0.2, 0.25) is 0 Å². The number of rotatable bonds is 7. The molecule has 0 aliphatic heterocycles. The van der Waals surface area contributed by atoms with Gasteiger partial charge in [-0.2, -0.15) is 0 Å². The van der Waals surface area contributed by atoms with E-state index in [-0.39, 0.29) is 0 Å². The first kappa shape index (κ1) is 13.3. The van der Waals surface area contributed by atoms with Crippen LogP contribution in [-0.2, 0) is 19.5 Å². The fourth-order valence-corrected chi connectivity index (χ4v) is 2.65. The summed E-state index contributed by atoms with van der Waals surface area (Å²) in [4.78, 5) is 4.62. The highest BCUT2D eigenvalue weighted by molar-refractivity contribution is 7.09. The van der Waals surface area contributed by atoms with Gasteiger partial charge < -0.3 is 9.88 Å². The lowest BCUT2D eigenvalue weighted by molar-refractivity contribution is 0.627. The molecule has 0 saturated carbocycles. The Morgan fingerprint density at radius 1 is 1.39 bits per heavy atom. The molecule has 0 radical (unpaired) electrons. The lowest BCUT2D eigenvalue weighted by Gasteiger charge is -2.08. The first-order chi connectivity index (χ1) is 8.83. The summed E-state index contributed by atoms with van der Waals surface area (Å²) in [6.45, 7) is 7.23. The van der Waals surface area contributed by atoms with Crippen molar-refractivity contribution in [2.45, 2.75) is 39.8 Å². The minimum atomic E-state index is 0.882. The largest absolute Gasteiger partial charge is 0.344 e. The van der Waals surface area contributed by atoms with Crippen LogP contribution >= 0.6 is 11.3 Å². The van der Waals surface area contributed by atoms with Crippen molar-refractivity contribution in [1.29, 1.82) is 0 Å². The van der Waals surface area contributed by atoms with Crippen molar-refractivity contribution in [3.63, 3.8) is 0 Å². The molecule has 0 fully saturated rings. The summed E-state index contributed by atoms with van der Waals surface area (Å²) < 4.78 is 2.27. The molecule has 4 heteroatoms. The first-order valence-corrected chi connectivity index (χ1v) is 7.49. The maximum absolute atomic E-state index is 4.62. The molecule has 3 nitrogen and oxygen atoms in total. The van der Waals surface area contributed by atoms with Crippen LogP contribution in [0.5, 0.6) is 0 Å². The van der Waals surface area contributed by atoms with Crippen LogP contribution in [-0.4, -0.2) is 16.1 Å². The van der Waals surface area contributed by atoms with E-state index in [0.29, 0.717) is 0 Å². The molecule has 0 aliphatic rings. The van der Waals surface area contributed by atoms with Gasteiger partial charge in [0, 0.05) is 23.8 Å². The number of hydrogen-bond donors (Lipinski definition) is 1. The Hall–Kier alpha value is -1.13. The molecule has 0 spiro atoms. The van der Waals surface area contributed by atoms with Crippen LogP contribution in [0.2, 0.25) is 0 Å². The van der Waals surface area contributed by atoms with Gasteiger partial charge in [-0.3, -0.25) is 0 Å². The molecule has 0 atom stereocenters. The van der Waals surface area contributed by atoms with Crippen LogP contribution < -0.4 is 5.32 Å². The molecule has 2 heterocycles. The van der Waals surface area contributed by atoms with E-state index in [1.807, 2.05) is 0 Å². The van der Waals surface area contributed by atoms with E-state index in [0.717, 1.165) is 26.1 Å². The Morgan fingerprint density at radius 3 is 3.00 bits per heavy atom. The van der Waals surface area contributed by atoms with E-state index in [1.165, 1.54) is 22.8 Å². The maximum atomic E-state index is 4.62. The number of hydrogen-bond acceptors (Lipinski definition) is 3. The molecule has 0 bridgehead atoms. The second kappa shape index (κ2) is 6.71. The highest BCUT2D eigenvalue weighted by Gasteiger charge is 2.04. The van der Waals surface area contributed by atoms with Gasteiger partial charge in [0.15, 0.2) is 0 Å². The number of nitrogens with one attached hydrogen (secondary N) is 1. The predicted octanol–water partition coefficient (Wildman–Crippen LogP) is 3.05. The Kier molecular flexibility index (Phi) is 4.96. The van der Waals surface area contributed by atoms with Crippen LogP contribution in [0.15, 0.2) is 23.7 Å². The van der Waals surface area contributed by atoms with Gasteiger partial charge in [-0.15, -0.1) is 11.3 Å². The third-order valence-electron chi connectivity index (χ3n) is 2.89. The van der Waals surface area contributed by atoms with Crippen LogP contribution in [0.1, 0.15) is 36.7 Å². The molecule has 0 aromatic carbocycles. The van der Waals surface area contributed by atoms with E-state index in [2.05, 4.69) is 52.4 Å². The zero-order valence-corrected chi connectivity index (χ0v) is 12.0. The monoisotopic (exact) mass is 263 g/mol. The third kappa shape index (κ3) is 3.43. The van der Waals surface area contributed by atoms with Crippen LogP contribution in [0.25, 0.3) is 0 Å². The van der Waals surface area contributed by atoms with Crippen molar-refractivity contribution in [2.24, 2.45) is 0 Å². The second-order valence-electron chi connectivity index (χ2n) is 4.39. The molecule has 0 aliphatic carbocycles. The van der Waals surface area contributed by atoms with Gasteiger partial charge in [0.1, 0.15) is 0 Å². The highest BCUT2D eigenvalue weighted by Crippen LogP contribution is 2.13. The first-order valence-electron chi connectivity index (χ1n) is 6.61. The van der Waals surface area contributed by atoms with Gasteiger partial charge in [0.05, 0.1) is 17.2 Å². The Balaban J connectivity index is 1.98. The van der Waals surface area contributed by atoms with E-state index in [4.69, 9.17) is 0 Å². The second-order valence-corrected chi connectivity index (χ2v) is 5.33. The van der Waals surface area contributed by atoms with Crippen molar-refractivity contribution in [3.05, 3.63) is 40.1 Å². The van der Waals surface area contributed by atoms with Crippen molar-refractivity contribution >= 4 is 11.3 Å². The van der Waals surface area contributed by atoms with Gasteiger partial charge in [-0.25, -0.2) is 4.98 Å². The summed E-state index contributed by atoms with van der Waals surface area (Å²) in [5.41, 5.74) is 2.50. The Morgan fingerprint density at radius 2 is 2.28 bits per heavy atom. The molecule has 2 aromatic rings. The topological polar surface area (TPSA) is 29.9 Å². The molecule has 18 heavy (non-hydrogen) atoms. The van der Waals surface area contributed by atoms with E-state index >= 15 is 0 Å². The fraction of sp³-hybridized carbons (Fsp3) is 0.500. The summed E-state index contributed by atoms with van der Waals surface area (Å²) in [7, 11) is 0. The van der Waals surface area contributed by atoms with Gasteiger partial charge in [-0.1, -0.05) is 13.8 Å². The summed E-state index contributed by atoms with van der Waals surface area (Å²) >= 11 is 1.76. The fourth-order valence-electron chi connectivity index (χ4n) is 1.92. The zero-order valence-electron chi connectivity index (χ0n) is 11.1. The highest BCUT2D eigenvalue weighted by atomic mass is 32.1. The summed E-state index contributed by atoms with van der Waals surface area (Å²) in [6, 6.07) is 4.28. The number of aromatic nitrogens is 2. The lowest BCUT2D eigenvalue weighted by atomic mass is 10.4. The number of nitrogens with zero attached hydrogens (tertiary/aromatic N) is 2. The molecule has 2 aromatic heterocycles. The molecule has 0 amide bonds. The minimum absolute atomic E-state index is 0.882. The van der Waals surface area contributed by atoms with Crippen molar-refractivity contribution in [3.8, 4) is 0 Å². The maximum Gasteiger partial charge on any atom is 0.0926 e. The number of thiazole rings is 1. The molecule has 0 saturated heterocycles. The van der Waals surface area contributed by atoms with E-state index < -0.39 is 0 Å². The SMILES string of the molecule is CCCNCc1cccn1Cc1csc(CC)n1. The van der Waals surface area contributed by atoms with Gasteiger partial charge >= 0.3 is 0 Å². The van der Waals surface area contributed by atoms with Crippen molar-refractivity contribution < 1.29 is 0 Å². The van der Waals surface area contributed by atoms with E-state index in [9.17, 15) is 0 Å². The van der Waals surface area contributed by atoms with Crippen LogP contribution in [0, 0.1) is 0 Å². The molecule has 2 rings (SSSR count). The Bertz CT molecular complexity index is 473. The third-order valence-corrected chi connectivity index (χ3v) is 3.93. The molecule has 0 unspecified atom stereocenters. The van der Waals surface area contributed by atoms with Crippen LogP contribution in [0.3, 0.4) is 0 Å². The average Bonchev–Trinajstić information content (AvgIpc) is 3.00. The molecular weight excluding hydrogens is 242 g/mol. The predicted molar refractivity (Wildman–Crippen MR) is 77.0 cm³/mol. The van der Waals surface area contributed by atoms with Gasteiger partial charge in [-0.05, 0) is 31.5 Å². The summed E-state index contributed by atoms with van der Waals surface area (Å²) in [5.74, 6) is 0. The van der Waals surface area contributed by atoms with Crippen LogP contribution in [0.4, 0.5) is 0 Å². The molecule has 98 valence electrons. The quantitative estimate of drug-likeness (QED) is 0.778. The smallest absolute Gasteiger partial charge is 0.0926 e. The zero-order chi connectivity index (χ0) is 12.8. The lowest BCUT2D eigenvalue weighted by Crippen LogP contribution is -2.17. The molecular formula is C14H21N3S. The number of aryl methyl sites for hydroxylation is 1. The molecule has 1 N–H and O–H groups in total. The summed E-state index contributed by atoms with van der Waals surface area (Å²) in [5, 5.41) is 6.83. The van der Waals surface area contributed by atoms with Gasteiger partial charge in [0.25, 0.3) is 0 Å². The van der Waals surface area contributed by atoms with Crippen molar-refractivity contribution in [1.82, 2.24) is 14.9 Å². The standard InChI is InChI=1S/C14H21N3S/c1-3-7-15-9-13-6-5-8-17(13)10-12-11-18-14(4-2)16-12/h5-6,8,11,15H,3-4,7,9-10H2,1-2H3. The normalized spacial score (nSPS) is 11.0. The summed E-state index contributed by atoms with van der Waals surface area (Å²) in [6.07, 6.45) is 4.34. The van der Waals surface area contributed by atoms with E-state index in [1.54, 1.807) is 11.3 Å². The Labute approximate surface area is 113 Å². The average molecular weight is 263 g/mol. The van der Waals surface area contributed by atoms with Crippen molar-refractivity contribution in [2.75, 3.05) is 6.54 Å². The minimum Gasteiger partial charge on any atom is -0.344 e.